The molecule has 0 aliphatic rings. The third kappa shape index (κ3) is 13.1. The number of para-hydroxylation sites is 1. The molecule has 1 aromatic heterocycles. The third-order valence-electron chi connectivity index (χ3n) is 6.25. The maximum absolute atomic E-state index is 13.6. The highest BCUT2D eigenvalue weighted by atomic mass is 16.6. The Bertz CT molecular complexity index is 1530. The van der Waals surface area contributed by atoms with Crippen molar-refractivity contribution in [2.75, 3.05) is 6.54 Å². The predicted molar refractivity (Wildman–Crippen MR) is 176 cm³/mol. The molecule has 2 atom stereocenters. The molecule has 3 aromatic rings. The van der Waals surface area contributed by atoms with Crippen molar-refractivity contribution in [3.05, 3.63) is 78.0 Å². The Morgan fingerprint density at radius 2 is 1.51 bits per heavy atom. The highest BCUT2D eigenvalue weighted by Gasteiger charge is 2.41. The number of carbonyl (C=O) groups is 5. The number of alkyl carbamates (subject to hydrolysis) is 1. The fourth-order valence-electron chi connectivity index (χ4n) is 4.23. The van der Waals surface area contributed by atoms with Crippen molar-refractivity contribution in [3.63, 3.8) is 0 Å². The Morgan fingerprint density at radius 3 is 2.06 bits per heavy atom. The number of ether oxygens (including phenoxy) is 2. The highest BCUT2D eigenvalue weighted by molar-refractivity contribution is 6.00. The molecule has 6 N–H and O–H groups in total. The summed E-state index contributed by atoms with van der Waals surface area (Å²) in [6.07, 6.45) is -0.314. The van der Waals surface area contributed by atoms with E-state index in [9.17, 15) is 29.1 Å². The number of nitrogens with zero attached hydrogens (tertiary/aromatic N) is 2. The van der Waals surface area contributed by atoms with Crippen LogP contribution in [0.4, 0.5) is 9.59 Å². The van der Waals surface area contributed by atoms with Crippen LogP contribution in [0.25, 0.3) is 10.9 Å². The monoisotopic (exact) mass is 651 g/mol. The van der Waals surface area contributed by atoms with Gasteiger partial charge in [-0.2, -0.15) is 0 Å². The number of carboxylic acids is 1. The van der Waals surface area contributed by atoms with Crippen LogP contribution in [0.3, 0.4) is 0 Å². The van der Waals surface area contributed by atoms with Crippen LogP contribution in [0, 0.1) is 0 Å². The van der Waals surface area contributed by atoms with E-state index in [1.54, 1.807) is 77.9 Å². The largest absolute Gasteiger partial charge is 0.480 e. The molecule has 0 aliphatic carbocycles. The molecule has 13 heteroatoms. The molecule has 0 fully saturated rings. The van der Waals surface area contributed by atoms with Crippen LogP contribution in [0.1, 0.15) is 70.3 Å². The van der Waals surface area contributed by atoms with Gasteiger partial charge >= 0.3 is 18.2 Å². The van der Waals surface area contributed by atoms with Gasteiger partial charge in [0.2, 0.25) is 5.91 Å². The van der Waals surface area contributed by atoms with Gasteiger partial charge in [-0.15, -0.1) is 0 Å². The number of imide groups is 1. The summed E-state index contributed by atoms with van der Waals surface area (Å²) >= 11 is 0. The molecule has 0 saturated carbocycles. The normalized spacial score (nSPS) is 12.5. The average Bonchev–Trinajstić information content (AvgIpc) is 2.97. The highest BCUT2D eigenvalue weighted by Crippen LogP contribution is 2.19. The number of carbonyl (C=O) groups excluding carboxylic acids is 4. The number of hydrogen-bond acceptors (Lipinski definition) is 9. The molecule has 0 unspecified atom stereocenters. The number of nitrogens with two attached hydrogens (primary N) is 2. The maximum Gasteiger partial charge on any atom is 0.417 e. The first-order chi connectivity index (χ1) is 21.9. The van der Waals surface area contributed by atoms with E-state index >= 15 is 0 Å². The van der Waals surface area contributed by atoms with Crippen LogP contribution in [0.5, 0.6) is 0 Å². The summed E-state index contributed by atoms with van der Waals surface area (Å²) in [5.41, 5.74) is 10.8. The van der Waals surface area contributed by atoms with Gasteiger partial charge in [-0.25, -0.2) is 19.3 Å². The number of aromatic nitrogens is 1. The molecule has 4 amide bonds. The topological polar surface area (TPSA) is 204 Å². The van der Waals surface area contributed by atoms with Crippen molar-refractivity contribution in [2.45, 2.75) is 84.1 Å². The zero-order valence-corrected chi connectivity index (χ0v) is 27.7. The number of fused-ring (bicyclic) bond motifs is 1. The minimum atomic E-state index is -1.52. The number of aliphatic carboxylic acids is 1. The van der Waals surface area contributed by atoms with Crippen LogP contribution in [0.2, 0.25) is 0 Å². The summed E-state index contributed by atoms with van der Waals surface area (Å²) < 4.78 is 10.6. The van der Waals surface area contributed by atoms with Gasteiger partial charge in [-0.05, 0) is 78.6 Å². The molecular formula is C34H45N5O8. The van der Waals surface area contributed by atoms with Gasteiger partial charge in [0.05, 0.1) is 11.1 Å². The number of benzene rings is 2. The molecule has 0 spiro atoms. The maximum atomic E-state index is 13.6. The summed E-state index contributed by atoms with van der Waals surface area (Å²) in [6, 6.07) is 15.3. The van der Waals surface area contributed by atoms with Crippen molar-refractivity contribution in [1.82, 2.24) is 15.2 Å². The van der Waals surface area contributed by atoms with Gasteiger partial charge in [0.1, 0.15) is 23.3 Å². The minimum absolute atomic E-state index is 0.00143. The van der Waals surface area contributed by atoms with Gasteiger partial charge < -0.3 is 31.4 Å². The van der Waals surface area contributed by atoms with Gasteiger partial charge in [0.15, 0.2) is 0 Å². The fourth-order valence-corrected chi connectivity index (χ4v) is 4.23. The lowest BCUT2D eigenvalue weighted by Crippen LogP contribution is -2.58. The standard InChI is InChI=1S/C24H37N3O7.C10H8N2O/c1-23(2,3)33-21(31)26-17(15-16-11-8-7-9-12-16)19(28)27(22(32)34-24(4,5)6)18(20(29)30)13-10-14-25;11-10(13)8-5-7-3-1-2-4-9(7)12-6-8/h7-9,11-12,17-18H,10,13-15,25H2,1-6H3,(H,26,31)(H,29,30);1-6H,(H2,11,13)/t17-,18-;/m0./s1. The molecule has 1 heterocycles. The summed E-state index contributed by atoms with van der Waals surface area (Å²) in [4.78, 5) is 66.7. The lowest BCUT2D eigenvalue weighted by molar-refractivity contribution is -0.150. The molecule has 254 valence electrons. The smallest absolute Gasteiger partial charge is 0.417 e. The number of amides is 4. The lowest BCUT2D eigenvalue weighted by atomic mass is 10.0. The second kappa shape index (κ2) is 17.0. The van der Waals surface area contributed by atoms with E-state index < -0.39 is 53.3 Å². The van der Waals surface area contributed by atoms with Crippen molar-refractivity contribution < 1.29 is 38.6 Å². The van der Waals surface area contributed by atoms with E-state index in [-0.39, 0.29) is 25.8 Å². The Kier molecular flexibility index (Phi) is 13.8. The fraction of sp³-hybridized carbons (Fsp3) is 0.412. The quantitative estimate of drug-likeness (QED) is 0.243. The second-order valence-electron chi connectivity index (χ2n) is 12.6. The van der Waals surface area contributed by atoms with Crippen LogP contribution >= 0.6 is 0 Å². The number of hydrogen-bond donors (Lipinski definition) is 4. The Labute approximate surface area is 274 Å². The van der Waals surface area contributed by atoms with Crippen LogP contribution < -0.4 is 16.8 Å². The van der Waals surface area contributed by atoms with E-state index in [1.807, 2.05) is 24.3 Å². The van der Waals surface area contributed by atoms with Gasteiger partial charge in [-0.1, -0.05) is 48.5 Å². The first kappa shape index (κ1) is 38.1. The van der Waals surface area contributed by atoms with E-state index in [0.717, 1.165) is 10.9 Å². The van der Waals surface area contributed by atoms with E-state index in [1.165, 1.54) is 6.20 Å². The van der Waals surface area contributed by atoms with Crippen LogP contribution in [-0.2, 0) is 25.5 Å². The molecule has 0 radical (unpaired) electrons. The minimum Gasteiger partial charge on any atom is -0.480 e. The summed E-state index contributed by atoms with van der Waals surface area (Å²) in [6.45, 7) is 9.98. The van der Waals surface area contributed by atoms with Gasteiger partial charge in [0.25, 0.3) is 5.91 Å². The van der Waals surface area contributed by atoms with Crippen molar-refractivity contribution >= 4 is 40.9 Å². The number of primary amides is 1. The van der Waals surface area contributed by atoms with Crippen molar-refractivity contribution in [3.8, 4) is 0 Å². The Morgan fingerprint density at radius 1 is 0.915 bits per heavy atom. The van der Waals surface area contributed by atoms with Crippen molar-refractivity contribution in [2.24, 2.45) is 11.5 Å². The molecule has 0 bridgehead atoms. The SMILES string of the molecule is CC(C)(C)OC(=O)N[C@@H](Cc1ccccc1)C(=O)N(C(=O)OC(C)(C)C)[C@@H](CCCN)C(=O)O.NC(=O)c1cnc2ccccc2c1. The zero-order chi connectivity index (χ0) is 35.4. The number of pyridine rings is 1. The van der Waals surface area contributed by atoms with Gasteiger partial charge in [0, 0.05) is 18.0 Å². The summed E-state index contributed by atoms with van der Waals surface area (Å²) in [7, 11) is 0. The molecular weight excluding hydrogens is 606 g/mol. The number of carboxylic acid groups (broad SMARTS) is 1. The molecule has 47 heavy (non-hydrogen) atoms. The first-order valence-electron chi connectivity index (χ1n) is 15.1. The van der Waals surface area contributed by atoms with E-state index in [4.69, 9.17) is 20.9 Å². The van der Waals surface area contributed by atoms with Crippen LogP contribution in [-0.4, -0.2) is 74.8 Å². The molecule has 3 rings (SSSR count). The Hall–Kier alpha value is -5.04. The number of rotatable bonds is 10. The average molecular weight is 652 g/mol. The predicted octanol–water partition coefficient (Wildman–Crippen LogP) is 4.41. The molecule has 13 nitrogen and oxygen atoms in total. The van der Waals surface area contributed by atoms with Crippen molar-refractivity contribution in [1.29, 1.82) is 0 Å². The van der Waals surface area contributed by atoms with E-state index in [0.29, 0.717) is 16.0 Å². The third-order valence-corrected chi connectivity index (χ3v) is 6.25. The zero-order valence-electron chi connectivity index (χ0n) is 27.7. The first-order valence-corrected chi connectivity index (χ1v) is 15.1. The summed E-state index contributed by atoms with van der Waals surface area (Å²) in [5, 5.41) is 13.2. The van der Waals surface area contributed by atoms with E-state index in [2.05, 4.69) is 10.3 Å². The van der Waals surface area contributed by atoms with Crippen LogP contribution in [0.15, 0.2) is 66.9 Å². The van der Waals surface area contributed by atoms with Gasteiger partial charge in [-0.3, -0.25) is 14.6 Å². The summed E-state index contributed by atoms with van der Waals surface area (Å²) in [5.74, 6) is -2.75. The molecule has 0 saturated heterocycles. The number of nitrogens with one attached hydrogen (secondary N) is 1. The molecule has 0 aliphatic heterocycles. The Balaban J connectivity index is 0.000000484. The lowest BCUT2D eigenvalue weighted by Gasteiger charge is -2.33. The molecule has 2 aromatic carbocycles. The second-order valence-corrected chi connectivity index (χ2v) is 12.6.